The van der Waals surface area contributed by atoms with Gasteiger partial charge in [-0.1, -0.05) is 20.8 Å². The second-order valence-corrected chi connectivity index (χ2v) is 4.49. The third-order valence-corrected chi connectivity index (χ3v) is 2.82. The van der Waals surface area contributed by atoms with Crippen molar-refractivity contribution in [1.82, 2.24) is 9.97 Å². The molecule has 1 rings (SSSR count). The third kappa shape index (κ3) is 3.16. The molecule has 17 heavy (non-hydrogen) atoms. The van der Waals surface area contributed by atoms with Crippen molar-refractivity contribution in [3.63, 3.8) is 0 Å². The summed E-state index contributed by atoms with van der Waals surface area (Å²) in [6, 6.07) is 0. The van der Waals surface area contributed by atoms with Gasteiger partial charge in [0.1, 0.15) is 11.9 Å². The first kappa shape index (κ1) is 13.9. The maximum Gasteiger partial charge on any atom is 0.254 e. The number of nitrogens with one attached hydrogen (secondary N) is 1. The predicted molar refractivity (Wildman–Crippen MR) is 68.2 cm³/mol. The van der Waals surface area contributed by atoms with Crippen LogP contribution in [0.2, 0.25) is 0 Å². The van der Waals surface area contributed by atoms with E-state index in [0.29, 0.717) is 18.9 Å². The number of ether oxygens (including phenoxy) is 1. The van der Waals surface area contributed by atoms with Crippen LogP contribution >= 0.6 is 0 Å². The van der Waals surface area contributed by atoms with Gasteiger partial charge in [-0.3, -0.25) is 4.79 Å². The summed E-state index contributed by atoms with van der Waals surface area (Å²) in [5.41, 5.74) is 1.52. The van der Waals surface area contributed by atoms with Gasteiger partial charge in [0.15, 0.2) is 0 Å². The van der Waals surface area contributed by atoms with Gasteiger partial charge >= 0.3 is 0 Å². The van der Waals surface area contributed by atoms with Gasteiger partial charge in [0, 0.05) is 17.9 Å². The molecule has 0 aliphatic rings. The topological polar surface area (TPSA) is 55.0 Å². The molecule has 1 aromatic heterocycles. The van der Waals surface area contributed by atoms with Crippen LogP contribution in [0.1, 0.15) is 50.9 Å². The lowest BCUT2D eigenvalue weighted by atomic mass is 10.1. The van der Waals surface area contributed by atoms with Crippen LogP contribution in [0.25, 0.3) is 0 Å². The van der Waals surface area contributed by atoms with Gasteiger partial charge in [-0.05, 0) is 26.2 Å². The maximum atomic E-state index is 11.9. The molecule has 1 unspecified atom stereocenters. The van der Waals surface area contributed by atoms with Crippen molar-refractivity contribution in [3.05, 3.63) is 27.4 Å². The highest BCUT2D eigenvalue weighted by molar-refractivity contribution is 5.17. The van der Waals surface area contributed by atoms with Crippen LogP contribution < -0.4 is 5.56 Å². The first-order valence-corrected chi connectivity index (χ1v) is 6.22. The van der Waals surface area contributed by atoms with Crippen LogP contribution in [0.5, 0.6) is 0 Å². The summed E-state index contributed by atoms with van der Waals surface area (Å²) in [4.78, 5) is 19.2. The molecular formula is C13H22N2O2. The lowest BCUT2D eigenvalue weighted by molar-refractivity contribution is 0.0229. The van der Waals surface area contributed by atoms with Crippen molar-refractivity contribution in [1.29, 1.82) is 0 Å². The minimum Gasteiger partial charge on any atom is -0.370 e. The molecule has 0 saturated heterocycles. The molecule has 0 spiro atoms. The first-order valence-electron chi connectivity index (χ1n) is 6.22. The molecule has 0 amide bonds. The van der Waals surface area contributed by atoms with Gasteiger partial charge in [0.05, 0.1) is 0 Å². The fourth-order valence-corrected chi connectivity index (χ4v) is 1.95. The molecule has 1 N–H and O–H groups in total. The molecule has 0 fully saturated rings. The third-order valence-electron chi connectivity index (χ3n) is 2.82. The number of aromatic nitrogens is 2. The molecule has 0 radical (unpaired) electrons. The van der Waals surface area contributed by atoms with Gasteiger partial charge < -0.3 is 9.72 Å². The second kappa shape index (κ2) is 5.96. The molecule has 0 saturated carbocycles. The molecule has 4 nitrogen and oxygen atoms in total. The fraction of sp³-hybridized carbons (Fsp3) is 0.692. The molecule has 0 aliphatic carbocycles. The van der Waals surface area contributed by atoms with Gasteiger partial charge in [-0.2, -0.15) is 0 Å². The Labute approximate surface area is 102 Å². The summed E-state index contributed by atoms with van der Waals surface area (Å²) in [7, 11) is 0. The summed E-state index contributed by atoms with van der Waals surface area (Å²) in [6.45, 7) is 10.5. The number of nitrogens with zero attached hydrogens (tertiary/aromatic N) is 1. The highest BCUT2D eigenvalue weighted by Gasteiger charge is 2.20. The quantitative estimate of drug-likeness (QED) is 0.856. The highest BCUT2D eigenvalue weighted by atomic mass is 16.5. The van der Waals surface area contributed by atoms with Crippen molar-refractivity contribution in [2.45, 2.75) is 47.1 Å². The van der Waals surface area contributed by atoms with E-state index in [2.05, 4.69) is 23.8 Å². The zero-order valence-corrected chi connectivity index (χ0v) is 11.3. The molecule has 0 aliphatic heterocycles. The fourth-order valence-electron chi connectivity index (χ4n) is 1.95. The van der Waals surface area contributed by atoms with Gasteiger partial charge in [-0.25, -0.2) is 4.98 Å². The molecule has 0 aromatic carbocycles. The second-order valence-electron chi connectivity index (χ2n) is 4.49. The van der Waals surface area contributed by atoms with Crippen LogP contribution in [0, 0.1) is 12.8 Å². The van der Waals surface area contributed by atoms with E-state index in [-0.39, 0.29) is 17.6 Å². The van der Waals surface area contributed by atoms with Crippen LogP contribution in [0.3, 0.4) is 0 Å². The van der Waals surface area contributed by atoms with Crippen LogP contribution in [0.15, 0.2) is 4.79 Å². The van der Waals surface area contributed by atoms with E-state index in [1.54, 1.807) is 0 Å². The van der Waals surface area contributed by atoms with Crippen molar-refractivity contribution in [2.75, 3.05) is 6.61 Å². The number of hydrogen-bond acceptors (Lipinski definition) is 3. The Bertz CT molecular complexity index is 424. The van der Waals surface area contributed by atoms with E-state index < -0.39 is 0 Å². The zero-order valence-electron chi connectivity index (χ0n) is 11.3. The van der Waals surface area contributed by atoms with Crippen molar-refractivity contribution >= 4 is 0 Å². The highest BCUT2D eigenvalue weighted by Crippen LogP contribution is 2.22. The van der Waals surface area contributed by atoms with Gasteiger partial charge in [0.2, 0.25) is 0 Å². The average Bonchev–Trinajstić information content (AvgIpc) is 2.24. The molecule has 0 bridgehead atoms. The summed E-state index contributed by atoms with van der Waals surface area (Å²) in [5, 5.41) is 0. The predicted octanol–water partition coefficient (Wildman–Crippen LogP) is 2.37. The average molecular weight is 238 g/mol. The van der Waals surface area contributed by atoms with Crippen molar-refractivity contribution in [3.8, 4) is 0 Å². The minimum atomic E-state index is -0.141. The SMILES string of the molecule is CCOC(c1nc(C)c(CC)c(=O)[nH]1)C(C)C. The number of hydrogen-bond donors (Lipinski definition) is 1. The lowest BCUT2D eigenvalue weighted by Gasteiger charge is -2.20. The number of aromatic amines is 1. The molecular weight excluding hydrogens is 216 g/mol. The zero-order chi connectivity index (χ0) is 13.0. The molecule has 1 aromatic rings. The Morgan fingerprint density at radius 2 is 2.00 bits per heavy atom. The Morgan fingerprint density at radius 1 is 1.35 bits per heavy atom. The lowest BCUT2D eigenvalue weighted by Crippen LogP contribution is -2.23. The van der Waals surface area contributed by atoms with E-state index in [1.165, 1.54) is 0 Å². The summed E-state index contributed by atoms with van der Waals surface area (Å²) in [6.07, 6.45) is 0.562. The summed E-state index contributed by atoms with van der Waals surface area (Å²) >= 11 is 0. The Morgan fingerprint density at radius 3 is 2.41 bits per heavy atom. The van der Waals surface area contributed by atoms with Crippen molar-refractivity contribution < 1.29 is 4.74 Å². The van der Waals surface area contributed by atoms with E-state index in [9.17, 15) is 4.79 Å². The van der Waals surface area contributed by atoms with E-state index in [1.807, 2.05) is 20.8 Å². The molecule has 1 heterocycles. The monoisotopic (exact) mass is 238 g/mol. The first-order chi connectivity index (χ1) is 8.01. The Balaban J connectivity index is 3.17. The number of H-pyrrole nitrogens is 1. The van der Waals surface area contributed by atoms with Crippen LogP contribution in [-0.2, 0) is 11.2 Å². The maximum absolute atomic E-state index is 11.9. The van der Waals surface area contributed by atoms with E-state index in [4.69, 9.17) is 4.74 Å². The number of rotatable bonds is 5. The van der Waals surface area contributed by atoms with Crippen molar-refractivity contribution in [2.24, 2.45) is 5.92 Å². The van der Waals surface area contributed by atoms with Crippen LogP contribution in [-0.4, -0.2) is 16.6 Å². The summed E-state index contributed by atoms with van der Waals surface area (Å²) < 4.78 is 5.64. The summed E-state index contributed by atoms with van der Waals surface area (Å²) in [5.74, 6) is 0.923. The van der Waals surface area contributed by atoms with E-state index >= 15 is 0 Å². The molecule has 96 valence electrons. The van der Waals surface area contributed by atoms with Gasteiger partial charge in [-0.15, -0.1) is 0 Å². The number of aryl methyl sites for hydroxylation is 1. The van der Waals surface area contributed by atoms with Crippen LogP contribution in [0.4, 0.5) is 0 Å². The smallest absolute Gasteiger partial charge is 0.254 e. The Hall–Kier alpha value is -1.16. The van der Waals surface area contributed by atoms with E-state index in [0.717, 1.165) is 11.3 Å². The largest absolute Gasteiger partial charge is 0.370 e. The minimum absolute atomic E-state index is 0.0413. The normalized spacial score (nSPS) is 13.1. The molecule has 4 heteroatoms. The van der Waals surface area contributed by atoms with Gasteiger partial charge in [0.25, 0.3) is 5.56 Å². The standard InChI is InChI=1S/C13H22N2O2/c1-6-10-9(5)14-12(15-13(10)16)11(8(3)4)17-7-2/h8,11H,6-7H2,1-5H3,(H,14,15,16). The molecule has 1 atom stereocenters. The Kier molecular flexibility index (Phi) is 4.87.